The zero-order valence-electron chi connectivity index (χ0n) is 12.9. The van der Waals surface area contributed by atoms with Crippen LogP contribution in [0.1, 0.15) is 38.5 Å². The van der Waals surface area contributed by atoms with Gasteiger partial charge in [-0.05, 0) is 85.5 Å². The molecule has 0 aromatic heterocycles. The van der Waals surface area contributed by atoms with Crippen molar-refractivity contribution in [2.24, 2.45) is 33.2 Å². The molecule has 0 unspecified atom stereocenters. The number of hydrogen-bond acceptors (Lipinski definition) is 2. The lowest BCUT2D eigenvalue weighted by atomic mass is 9.48. The Kier molecular flexibility index (Phi) is 2.70. The van der Waals surface area contributed by atoms with Gasteiger partial charge in [0.2, 0.25) is 0 Å². The van der Waals surface area contributed by atoms with Gasteiger partial charge in [-0.2, -0.15) is 0 Å². The summed E-state index contributed by atoms with van der Waals surface area (Å²) >= 11 is 0. The maximum absolute atomic E-state index is 4.78. The molecule has 4 fully saturated rings. The molecule has 1 aromatic rings. The Labute approximate surface area is 132 Å². The van der Waals surface area contributed by atoms with E-state index in [1.807, 2.05) is 24.4 Å². The molecule has 6 rings (SSSR count). The van der Waals surface area contributed by atoms with Gasteiger partial charge in [-0.3, -0.25) is 9.98 Å². The highest BCUT2D eigenvalue weighted by atomic mass is 14.8. The number of hydrogen-bond donors (Lipinski definition) is 0. The van der Waals surface area contributed by atoms with Gasteiger partial charge >= 0.3 is 0 Å². The van der Waals surface area contributed by atoms with Crippen LogP contribution < -0.4 is 0 Å². The van der Waals surface area contributed by atoms with Crippen LogP contribution in [0.25, 0.3) is 0 Å². The monoisotopic (exact) mass is 290 g/mol. The second kappa shape index (κ2) is 4.65. The smallest absolute Gasteiger partial charge is 0.0886 e. The second-order valence-corrected chi connectivity index (χ2v) is 7.84. The van der Waals surface area contributed by atoms with Crippen molar-refractivity contribution in [1.29, 1.82) is 0 Å². The zero-order valence-corrected chi connectivity index (χ0v) is 12.9. The third-order valence-electron chi connectivity index (χ3n) is 6.34. The van der Waals surface area contributed by atoms with E-state index in [1.165, 1.54) is 44.1 Å². The molecular formula is C20H22N2. The SMILES string of the molecule is C1=Nc2ccccc2N=CC(C23CC4CC(CC(C4)C2)C3)=C1. The number of fused-ring (bicyclic) bond motifs is 1. The van der Waals surface area contributed by atoms with Gasteiger partial charge in [-0.25, -0.2) is 0 Å². The number of rotatable bonds is 1. The first kappa shape index (κ1) is 12.8. The van der Waals surface area contributed by atoms with Crippen molar-refractivity contribution in [2.75, 3.05) is 0 Å². The van der Waals surface area contributed by atoms with E-state index in [0.717, 1.165) is 29.1 Å². The first-order valence-electron chi connectivity index (χ1n) is 8.69. The lowest BCUT2D eigenvalue weighted by molar-refractivity contribution is -0.0269. The Hall–Kier alpha value is -1.70. The van der Waals surface area contributed by atoms with E-state index >= 15 is 0 Å². The second-order valence-electron chi connectivity index (χ2n) is 7.84. The van der Waals surface area contributed by atoms with Crippen molar-refractivity contribution in [3.63, 3.8) is 0 Å². The average Bonchev–Trinajstić information content (AvgIpc) is 2.46. The molecule has 22 heavy (non-hydrogen) atoms. The van der Waals surface area contributed by atoms with Crippen molar-refractivity contribution in [3.8, 4) is 0 Å². The Bertz CT molecular complexity index is 660. The summed E-state index contributed by atoms with van der Waals surface area (Å²) in [5.74, 6) is 2.90. The molecule has 4 bridgehead atoms. The van der Waals surface area contributed by atoms with E-state index in [1.54, 1.807) is 0 Å². The quantitative estimate of drug-likeness (QED) is 0.675. The fourth-order valence-electron chi connectivity index (χ4n) is 5.84. The predicted molar refractivity (Wildman–Crippen MR) is 91.4 cm³/mol. The maximum atomic E-state index is 4.78. The topological polar surface area (TPSA) is 24.7 Å². The Morgan fingerprint density at radius 2 is 1.41 bits per heavy atom. The summed E-state index contributed by atoms with van der Waals surface area (Å²) in [6, 6.07) is 8.16. The van der Waals surface area contributed by atoms with Crippen molar-refractivity contribution in [3.05, 3.63) is 35.9 Å². The van der Waals surface area contributed by atoms with Crippen LogP contribution >= 0.6 is 0 Å². The van der Waals surface area contributed by atoms with Crippen LogP contribution in [0.4, 0.5) is 11.4 Å². The van der Waals surface area contributed by atoms with Crippen LogP contribution in [-0.4, -0.2) is 12.4 Å². The molecular weight excluding hydrogens is 268 g/mol. The largest absolute Gasteiger partial charge is 0.255 e. The van der Waals surface area contributed by atoms with E-state index in [-0.39, 0.29) is 0 Å². The highest BCUT2D eigenvalue weighted by Crippen LogP contribution is 2.62. The summed E-state index contributed by atoms with van der Waals surface area (Å²) in [6.07, 6.45) is 15.0. The summed E-state index contributed by atoms with van der Waals surface area (Å²) in [6.45, 7) is 0. The summed E-state index contributed by atoms with van der Waals surface area (Å²) in [5, 5.41) is 0. The number of para-hydroxylation sites is 2. The predicted octanol–water partition coefficient (Wildman–Crippen LogP) is 5.25. The maximum Gasteiger partial charge on any atom is 0.0886 e. The van der Waals surface area contributed by atoms with Crippen molar-refractivity contribution in [1.82, 2.24) is 0 Å². The molecule has 4 saturated carbocycles. The summed E-state index contributed by atoms with van der Waals surface area (Å²) in [7, 11) is 0. The first-order valence-corrected chi connectivity index (χ1v) is 8.69. The van der Waals surface area contributed by atoms with Gasteiger partial charge in [0.25, 0.3) is 0 Å². The molecule has 4 aliphatic carbocycles. The zero-order chi connectivity index (χ0) is 14.6. The minimum Gasteiger partial charge on any atom is -0.255 e. The summed E-state index contributed by atoms with van der Waals surface area (Å²) < 4.78 is 0. The fourth-order valence-corrected chi connectivity index (χ4v) is 5.84. The molecule has 0 amide bonds. The molecule has 0 radical (unpaired) electrons. The fraction of sp³-hybridized carbons (Fsp3) is 0.500. The van der Waals surface area contributed by atoms with E-state index in [4.69, 9.17) is 4.99 Å². The molecule has 5 aliphatic rings. The minimum atomic E-state index is 0.399. The molecule has 0 N–H and O–H groups in total. The molecule has 112 valence electrons. The van der Waals surface area contributed by atoms with Crippen molar-refractivity contribution in [2.45, 2.75) is 38.5 Å². The number of aliphatic imine (C=N–C) groups is 2. The highest BCUT2D eigenvalue weighted by molar-refractivity contribution is 5.93. The van der Waals surface area contributed by atoms with Crippen molar-refractivity contribution < 1.29 is 0 Å². The van der Waals surface area contributed by atoms with Crippen LogP contribution in [0, 0.1) is 23.2 Å². The van der Waals surface area contributed by atoms with Gasteiger partial charge in [0.1, 0.15) is 0 Å². The molecule has 0 atom stereocenters. The highest BCUT2D eigenvalue weighted by Gasteiger charge is 2.52. The standard InChI is InChI=1S/C20H22N2/c1-2-4-19-18(3-1)21-6-5-17(13-22-19)20-10-14-7-15(11-20)9-16(8-14)12-20/h1-6,13-16H,7-12H2. The normalized spacial score (nSPS) is 38.4. The van der Waals surface area contributed by atoms with Gasteiger partial charge < -0.3 is 0 Å². The third kappa shape index (κ3) is 1.93. The Morgan fingerprint density at radius 3 is 2.05 bits per heavy atom. The number of nitrogens with zero attached hydrogens (tertiary/aromatic N) is 2. The van der Waals surface area contributed by atoms with E-state index in [9.17, 15) is 0 Å². The molecule has 1 heterocycles. The van der Waals surface area contributed by atoms with Crippen LogP contribution in [0.2, 0.25) is 0 Å². The van der Waals surface area contributed by atoms with Crippen LogP contribution in [0.3, 0.4) is 0 Å². The molecule has 1 aliphatic heterocycles. The molecule has 0 saturated heterocycles. The average molecular weight is 290 g/mol. The molecule has 2 heteroatoms. The van der Waals surface area contributed by atoms with Crippen LogP contribution in [-0.2, 0) is 0 Å². The summed E-state index contributed by atoms with van der Waals surface area (Å²) in [4.78, 5) is 9.39. The lowest BCUT2D eigenvalue weighted by Crippen LogP contribution is -2.47. The van der Waals surface area contributed by atoms with E-state index in [0.29, 0.717) is 5.41 Å². The van der Waals surface area contributed by atoms with Gasteiger partial charge in [0.05, 0.1) is 11.4 Å². The minimum absolute atomic E-state index is 0.399. The van der Waals surface area contributed by atoms with Gasteiger partial charge in [-0.15, -0.1) is 0 Å². The molecule has 0 spiro atoms. The van der Waals surface area contributed by atoms with Crippen LogP contribution in [0.15, 0.2) is 45.9 Å². The number of benzene rings is 1. The Morgan fingerprint density at radius 1 is 0.818 bits per heavy atom. The molecule has 1 aromatic carbocycles. The van der Waals surface area contributed by atoms with Crippen LogP contribution in [0.5, 0.6) is 0 Å². The molecule has 2 nitrogen and oxygen atoms in total. The lowest BCUT2D eigenvalue weighted by Gasteiger charge is -2.57. The summed E-state index contributed by atoms with van der Waals surface area (Å²) in [5.41, 5.74) is 3.80. The van der Waals surface area contributed by atoms with Gasteiger partial charge in [0, 0.05) is 12.4 Å². The van der Waals surface area contributed by atoms with E-state index < -0.39 is 0 Å². The number of allylic oxidation sites excluding steroid dienone is 2. The third-order valence-corrected chi connectivity index (χ3v) is 6.34. The van der Waals surface area contributed by atoms with E-state index in [2.05, 4.69) is 23.3 Å². The van der Waals surface area contributed by atoms with Gasteiger partial charge in [-0.1, -0.05) is 12.1 Å². The first-order chi connectivity index (χ1) is 10.8. The van der Waals surface area contributed by atoms with Crippen molar-refractivity contribution >= 4 is 23.8 Å². The van der Waals surface area contributed by atoms with Gasteiger partial charge in [0.15, 0.2) is 0 Å². The Balaban J connectivity index is 1.54.